The van der Waals surface area contributed by atoms with Gasteiger partial charge in [-0.05, 0) is 60.9 Å². The highest BCUT2D eigenvalue weighted by Gasteiger charge is 2.03. The van der Waals surface area contributed by atoms with E-state index in [0.717, 1.165) is 11.3 Å². The molecular weight excluding hydrogens is 323 g/mol. The number of amides is 1. The molecule has 0 aliphatic carbocycles. The molecule has 0 radical (unpaired) electrons. The predicted molar refractivity (Wildman–Crippen MR) is 94.1 cm³/mol. The SMILES string of the molecule is CCOc1ccc(/C=N/OCC(=O)NCc2ccc(C)c(F)c2)cc1. The van der Waals surface area contributed by atoms with Gasteiger partial charge in [0, 0.05) is 6.54 Å². The Kier molecular flexibility index (Phi) is 6.95. The molecule has 0 fully saturated rings. The van der Waals surface area contributed by atoms with Crippen LogP contribution in [0.3, 0.4) is 0 Å². The van der Waals surface area contributed by atoms with Crippen molar-refractivity contribution in [2.45, 2.75) is 20.4 Å². The van der Waals surface area contributed by atoms with Gasteiger partial charge in [0.05, 0.1) is 12.8 Å². The summed E-state index contributed by atoms with van der Waals surface area (Å²) in [5.74, 6) is 0.167. The van der Waals surface area contributed by atoms with Crippen LogP contribution in [0.1, 0.15) is 23.6 Å². The monoisotopic (exact) mass is 344 g/mol. The molecule has 1 amide bonds. The van der Waals surface area contributed by atoms with Gasteiger partial charge in [0.1, 0.15) is 11.6 Å². The molecule has 0 aromatic heterocycles. The van der Waals surface area contributed by atoms with Crippen LogP contribution in [-0.4, -0.2) is 25.3 Å². The first kappa shape index (κ1) is 18.4. The zero-order valence-corrected chi connectivity index (χ0v) is 14.3. The number of benzene rings is 2. The first-order chi connectivity index (χ1) is 12.1. The molecule has 5 nitrogen and oxygen atoms in total. The summed E-state index contributed by atoms with van der Waals surface area (Å²) in [7, 11) is 0. The fourth-order valence-electron chi connectivity index (χ4n) is 2.01. The zero-order chi connectivity index (χ0) is 18.1. The Morgan fingerprint density at radius 1 is 1.24 bits per heavy atom. The predicted octanol–water partition coefficient (Wildman–Crippen LogP) is 3.20. The van der Waals surface area contributed by atoms with Crippen LogP contribution in [-0.2, 0) is 16.2 Å². The van der Waals surface area contributed by atoms with E-state index >= 15 is 0 Å². The number of carbonyl (C=O) groups is 1. The molecule has 1 N–H and O–H groups in total. The van der Waals surface area contributed by atoms with E-state index in [1.54, 1.807) is 19.1 Å². The van der Waals surface area contributed by atoms with Crippen LogP contribution in [0.25, 0.3) is 0 Å². The molecule has 2 aromatic rings. The van der Waals surface area contributed by atoms with E-state index in [4.69, 9.17) is 9.57 Å². The van der Waals surface area contributed by atoms with Crippen LogP contribution >= 0.6 is 0 Å². The van der Waals surface area contributed by atoms with E-state index in [-0.39, 0.29) is 24.9 Å². The summed E-state index contributed by atoms with van der Waals surface area (Å²) in [6.45, 7) is 4.25. The average molecular weight is 344 g/mol. The van der Waals surface area contributed by atoms with E-state index < -0.39 is 0 Å². The summed E-state index contributed by atoms with van der Waals surface area (Å²) in [6.07, 6.45) is 1.51. The topological polar surface area (TPSA) is 59.9 Å². The van der Waals surface area contributed by atoms with E-state index in [1.165, 1.54) is 12.3 Å². The Labute approximate surface area is 146 Å². The Hall–Kier alpha value is -2.89. The van der Waals surface area contributed by atoms with E-state index in [1.807, 2.05) is 31.2 Å². The van der Waals surface area contributed by atoms with Gasteiger partial charge in [0.25, 0.3) is 5.91 Å². The lowest BCUT2D eigenvalue weighted by molar-refractivity contribution is -0.125. The second-order valence-corrected chi connectivity index (χ2v) is 5.37. The van der Waals surface area contributed by atoms with Gasteiger partial charge in [0.2, 0.25) is 0 Å². The van der Waals surface area contributed by atoms with Crippen molar-refractivity contribution in [2.75, 3.05) is 13.2 Å². The normalized spacial score (nSPS) is 10.7. The van der Waals surface area contributed by atoms with Crippen LogP contribution in [0.4, 0.5) is 4.39 Å². The van der Waals surface area contributed by atoms with Crippen molar-refractivity contribution >= 4 is 12.1 Å². The molecule has 6 heteroatoms. The number of rotatable bonds is 8. The molecule has 2 rings (SSSR count). The summed E-state index contributed by atoms with van der Waals surface area (Å²) in [5, 5.41) is 6.40. The van der Waals surface area contributed by atoms with Crippen molar-refractivity contribution in [3.8, 4) is 5.75 Å². The van der Waals surface area contributed by atoms with E-state index in [2.05, 4.69) is 10.5 Å². The highest BCUT2D eigenvalue weighted by molar-refractivity contribution is 5.80. The highest BCUT2D eigenvalue weighted by atomic mass is 19.1. The maximum atomic E-state index is 13.4. The molecule has 2 aromatic carbocycles. The number of halogens is 1. The van der Waals surface area contributed by atoms with Crippen LogP contribution in [0.15, 0.2) is 47.6 Å². The van der Waals surface area contributed by atoms with Gasteiger partial charge in [-0.3, -0.25) is 4.79 Å². The number of aryl methyl sites for hydroxylation is 1. The smallest absolute Gasteiger partial charge is 0.261 e. The van der Waals surface area contributed by atoms with Crippen molar-refractivity contribution in [3.63, 3.8) is 0 Å². The molecule has 0 bridgehead atoms. The third kappa shape index (κ3) is 6.25. The summed E-state index contributed by atoms with van der Waals surface area (Å²) >= 11 is 0. The lowest BCUT2D eigenvalue weighted by Gasteiger charge is -2.06. The third-order valence-electron chi connectivity index (χ3n) is 3.39. The van der Waals surface area contributed by atoms with Crippen LogP contribution in [0.5, 0.6) is 5.75 Å². The number of ether oxygens (including phenoxy) is 1. The summed E-state index contributed by atoms with van der Waals surface area (Å²) in [6, 6.07) is 12.2. The molecule has 0 atom stereocenters. The molecule has 0 aliphatic heterocycles. The summed E-state index contributed by atoms with van der Waals surface area (Å²) < 4.78 is 18.8. The Balaban J connectivity index is 1.71. The molecule has 25 heavy (non-hydrogen) atoms. The molecule has 0 saturated heterocycles. The standard InChI is InChI=1S/C19H21FN2O3/c1-3-24-17-8-6-15(7-9-17)12-22-25-13-19(23)21-11-16-5-4-14(2)18(20)10-16/h4-10,12H,3,11,13H2,1-2H3,(H,21,23)/b22-12+. The zero-order valence-electron chi connectivity index (χ0n) is 14.3. The van der Waals surface area contributed by atoms with Crippen molar-refractivity contribution < 1.29 is 18.8 Å². The molecule has 0 unspecified atom stereocenters. The number of hydrogen-bond acceptors (Lipinski definition) is 4. The second kappa shape index (κ2) is 9.42. The summed E-state index contributed by atoms with van der Waals surface area (Å²) in [5.41, 5.74) is 2.09. The van der Waals surface area contributed by atoms with Gasteiger partial charge in [-0.1, -0.05) is 17.3 Å². The van der Waals surface area contributed by atoms with Crippen molar-refractivity contribution in [2.24, 2.45) is 5.16 Å². The van der Waals surface area contributed by atoms with Crippen molar-refractivity contribution in [1.29, 1.82) is 0 Å². The Morgan fingerprint density at radius 2 is 2.00 bits per heavy atom. The fourth-order valence-corrected chi connectivity index (χ4v) is 2.01. The van der Waals surface area contributed by atoms with Gasteiger partial charge in [0.15, 0.2) is 6.61 Å². The number of hydrogen-bond donors (Lipinski definition) is 1. The largest absolute Gasteiger partial charge is 0.494 e. The number of nitrogens with zero attached hydrogens (tertiary/aromatic N) is 1. The Morgan fingerprint density at radius 3 is 2.68 bits per heavy atom. The van der Waals surface area contributed by atoms with E-state index in [9.17, 15) is 9.18 Å². The molecular formula is C19H21FN2O3. The van der Waals surface area contributed by atoms with Crippen LogP contribution < -0.4 is 10.1 Å². The quantitative estimate of drug-likeness (QED) is 0.591. The van der Waals surface area contributed by atoms with Gasteiger partial charge in [-0.15, -0.1) is 0 Å². The third-order valence-corrected chi connectivity index (χ3v) is 3.39. The Bertz CT molecular complexity index is 730. The minimum Gasteiger partial charge on any atom is -0.494 e. The van der Waals surface area contributed by atoms with E-state index in [0.29, 0.717) is 17.7 Å². The van der Waals surface area contributed by atoms with Gasteiger partial charge in [-0.25, -0.2) is 4.39 Å². The maximum absolute atomic E-state index is 13.4. The molecule has 0 aliphatic rings. The molecule has 0 saturated carbocycles. The molecule has 0 spiro atoms. The number of oxime groups is 1. The maximum Gasteiger partial charge on any atom is 0.261 e. The van der Waals surface area contributed by atoms with Gasteiger partial charge in [-0.2, -0.15) is 0 Å². The molecule has 132 valence electrons. The lowest BCUT2D eigenvalue weighted by atomic mass is 10.1. The fraction of sp³-hybridized carbons (Fsp3) is 0.263. The number of nitrogens with one attached hydrogen (secondary N) is 1. The summed E-state index contributed by atoms with van der Waals surface area (Å²) in [4.78, 5) is 16.6. The second-order valence-electron chi connectivity index (χ2n) is 5.37. The number of carbonyl (C=O) groups excluding carboxylic acids is 1. The average Bonchev–Trinajstić information content (AvgIpc) is 2.61. The molecule has 0 heterocycles. The van der Waals surface area contributed by atoms with Gasteiger partial charge < -0.3 is 14.9 Å². The van der Waals surface area contributed by atoms with Crippen molar-refractivity contribution in [1.82, 2.24) is 5.32 Å². The minimum absolute atomic E-state index is 0.206. The lowest BCUT2D eigenvalue weighted by Crippen LogP contribution is -2.26. The van der Waals surface area contributed by atoms with Crippen LogP contribution in [0.2, 0.25) is 0 Å². The highest BCUT2D eigenvalue weighted by Crippen LogP contribution is 2.11. The van der Waals surface area contributed by atoms with Crippen molar-refractivity contribution in [3.05, 3.63) is 65.0 Å². The van der Waals surface area contributed by atoms with Crippen LogP contribution in [0, 0.1) is 12.7 Å². The first-order valence-corrected chi connectivity index (χ1v) is 7.98. The van der Waals surface area contributed by atoms with Gasteiger partial charge >= 0.3 is 0 Å². The minimum atomic E-state index is -0.329. The first-order valence-electron chi connectivity index (χ1n) is 7.98.